The van der Waals surface area contributed by atoms with Gasteiger partial charge in [-0.3, -0.25) is 0 Å². The van der Waals surface area contributed by atoms with Crippen molar-refractivity contribution in [3.8, 4) is 0 Å². The summed E-state index contributed by atoms with van der Waals surface area (Å²) in [5.41, 5.74) is 0. The molecule has 0 unspecified atom stereocenters. The molecular weight excluding hydrogens is 724 g/mol. The normalized spacial score (nSPS) is 31.0. The molecule has 13 nitrogen and oxygen atoms in total. The van der Waals surface area contributed by atoms with Crippen molar-refractivity contribution in [3.63, 3.8) is 0 Å². The Labute approximate surface area is 338 Å². The molecule has 334 valence electrons. The molecule has 0 aliphatic carbocycles. The number of rotatable bonds is 35. The fourth-order valence-corrected chi connectivity index (χ4v) is 7.56. The van der Waals surface area contributed by atoms with Gasteiger partial charge in [-0.05, 0) is 19.3 Å². The molecule has 0 saturated carbocycles. The average molecular weight is 809 g/mol. The van der Waals surface area contributed by atoms with E-state index in [1.54, 1.807) is 0 Å². The van der Waals surface area contributed by atoms with Crippen LogP contribution in [0.4, 0.5) is 0 Å². The van der Waals surface area contributed by atoms with E-state index in [0.717, 1.165) is 38.5 Å². The van der Waals surface area contributed by atoms with E-state index in [4.69, 9.17) is 28.4 Å². The first-order chi connectivity index (χ1) is 27.1. The van der Waals surface area contributed by atoms with Crippen molar-refractivity contribution in [2.24, 2.45) is 0 Å². The van der Waals surface area contributed by atoms with Crippen molar-refractivity contribution < 1.29 is 64.2 Å². The van der Waals surface area contributed by atoms with Crippen LogP contribution in [0.25, 0.3) is 0 Å². The maximum absolute atomic E-state index is 12.2. The summed E-state index contributed by atoms with van der Waals surface area (Å²) >= 11 is 0. The standard InChI is InChI=1S/C43H84O13/c1-4-7-9-11-13-15-17-19-21-23-25-27-30-53-42(49)39(48)35(33-52-40-38(47)37(46)36(45)34(32-44)55-40)56-41(51-29-6-3)43(42,50)54-31-28-26-24-22-20-18-16-14-12-10-8-5-2/h34-41,44-50H,4-33H2,1-3H3/t34-,35-,36+,37+,38-,39-,40-,41-,42-,43-/m1/s1. The smallest absolute Gasteiger partial charge is 0.276 e. The van der Waals surface area contributed by atoms with E-state index >= 15 is 0 Å². The third-order valence-electron chi connectivity index (χ3n) is 11.3. The van der Waals surface area contributed by atoms with Crippen molar-refractivity contribution in [3.05, 3.63) is 0 Å². The van der Waals surface area contributed by atoms with Gasteiger partial charge in [-0.15, -0.1) is 0 Å². The molecule has 13 heteroatoms. The largest absolute Gasteiger partial charge is 0.394 e. The SMILES string of the molecule is CCCCCCCCCCCCCCO[C@]1(O)[C@H](OCCC)O[C@H](CO[C@@H]2O[C@H](CO)[C@H](O)[C@H](O)[C@H]2O)[C@@H](O)[C@@]1(O)OCCCCCCCCCCCCCC. The summed E-state index contributed by atoms with van der Waals surface area (Å²) in [7, 11) is 0. The first kappa shape index (κ1) is 51.6. The van der Waals surface area contributed by atoms with Crippen molar-refractivity contribution in [1.82, 2.24) is 0 Å². The highest BCUT2D eigenvalue weighted by molar-refractivity contribution is 5.02. The van der Waals surface area contributed by atoms with E-state index in [1.807, 2.05) is 6.92 Å². The van der Waals surface area contributed by atoms with Crippen LogP contribution in [-0.4, -0.2) is 130 Å². The zero-order valence-electron chi connectivity index (χ0n) is 35.4. The zero-order valence-corrected chi connectivity index (χ0v) is 35.4. The Hall–Kier alpha value is -0.520. The molecule has 0 spiro atoms. The molecule has 2 aliphatic heterocycles. The number of ether oxygens (including phenoxy) is 6. The topological polar surface area (TPSA) is 197 Å². The average Bonchev–Trinajstić information content (AvgIpc) is 3.19. The van der Waals surface area contributed by atoms with Gasteiger partial charge in [0.15, 0.2) is 6.29 Å². The first-order valence-corrected chi connectivity index (χ1v) is 22.7. The Kier molecular flexibility index (Phi) is 28.1. The van der Waals surface area contributed by atoms with Gasteiger partial charge in [0.2, 0.25) is 6.29 Å². The van der Waals surface area contributed by atoms with Crippen LogP contribution in [-0.2, 0) is 28.4 Å². The Balaban J connectivity index is 2.01. The molecule has 10 atom stereocenters. The lowest BCUT2D eigenvalue weighted by molar-refractivity contribution is -0.499. The lowest BCUT2D eigenvalue weighted by atomic mass is 9.91. The molecule has 0 radical (unpaired) electrons. The van der Waals surface area contributed by atoms with Crippen LogP contribution in [0.5, 0.6) is 0 Å². The van der Waals surface area contributed by atoms with Crippen LogP contribution in [0, 0.1) is 0 Å². The predicted octanol–water partition coefficient (Wildman–Crippen LogP) is 6.13. The monoisotopic (exact) mass is 809 g/mol. The van der Waals surface area contributed by atoms with Crippen molar-refractivity contribution in [2.75, 3.05) is 33.0 Å². The number of hydrogen-bond donors (Lipinski definition) is 7. The van der Waals surface area contributed by atoms with Gasteiger partial charge in [-0.1, -0.05) is 162 Å². The van der Waals surface area contributed by atoms with E-state index in [-0.39, 0.29) is 19.8 Å². The summed E-state index contributed by atoms with van der Waals surface area (Å²) in [5.74, 6) is -5.29. The highest BCUT2D eigenvalue weighted by Gasteiger charge is 2.68. The minimum absolute atomic E-state index is 0.0239. The maximum atomic E-state index is 12.2. The van der Waals surface area contributed by atoms with Gasteiger partial charge < -0.3 is 64.2 Å². The molecule has 2 heterocycles. The van der Waals surface area contributed by atoms with Gasteiger partial charge in [0.05, 0.1) is 26.4 Å². The third-order valence-corrected chi connectivity index (χ3v) is 11.3. The minimum Gasteiger partial charge on any atom is -0.394 e. The zero-order chi connectivity index (χ0) is 41.1. The molecular formula is C43H84O13. The van der Waals surface area contributed by atoms with Crippen LogP contribution >= 0.6 is 0 Å². The summed E-state index contributed by atoms with van der Waals surface area (Å²) in [4.78, 5) is 0. The summed E-state index contributed by atoms with van der Waals surface area (Å²) in [5, 5.41) is 76.4. The van der Waals surface area contributed by atoms with Crippen LogP contribution in [0.1, 0.15) is 181 Å². The maximum Gasteiger partial charge on any atom is 0.276 e. The Bertz CT molecular complexity index is 930. The number of unbranched alkanes of at least 4 members (excludes halogenated alkanes) is 22. The highest BCUT2D eigenvalue weighted by atomic mass is 16.8. The second kappa shape index (κ2) is 30.5. The second-order valence-corrected chi connectivity index (χ2v) is 16.2. The molecule has 56 heavy (non-hydrogen) atoms. The van der Waals surface area contributed by atoms with Gasteiger partial charge in [-0.2, -0.15) is 0 Å². The molecule has 2 saturated heterocycles. The quantitative estimate of drug-likeness (QED) is 0.0286. The van der Waals surface area contributed by atoms with E-state index < -0.39 is 74.0 Å². The lowest BCUT2D eigenvalue weighted by Crippen LogP contribution is -2.77. The molecule has 7 N–H and O–H groups in total. The van der Waals surface area contributed by atoms with Crippen LogP contribution in [0.3, 0.4) is 0 Å². The fraction of sp³-hybridized carbons (Fsp3) is 1.00. The summed E-state index contributed by atoms with van der Waals surface area (Å²) in [6.45, 7) is 5.41. The van der Waals surface area contributed by atoms with E-state index in [2.05, 4.69) is 13.8 Å². The summed E-state index contributed by atoms with van der Waals surface area (Å²) in [6, 6.07) is 0. The van der Waals surface area contributed by atoms with Crippen molar-refractivity contribution in [1.29, 1.82) is 0 Å². The van der Waals surface area contributed by atoms with Gasteiger partial charge in [0.1, 0.15) is 36.6 Å². The van der Waals surface area contributed by atoms with Crippen LogP contribution in [0.15, 0.2) is 0 Å². The lowest BCUT2D eigenvalue weighted by Gasteiger charge is -2.53. The molecule has 0 bridgehead atoms. The van der Waals surface area contributed by atoms with Gasteiger partial charge in [-0.25, -0.2) is 0 Å². The van der Waals surface area contributed by atoms with Crippen LogP contribution in [0.2, 0.25) is 0 Å². The van der Waals surface area contributed by atoms with E-state index in [1.165, 1.54) is 103 Å². The minimum atomic E-state index is -2.69. The Morgan fingerprint density at radius 2 is 0.875 bits per heavy atom. The molecule has 0 aromatic rings. The molecule has 2 fully saturated rings. The Morgan fingerprint density at radius 1 is 0.446 bits per heavy atom. The highest BCUT2D eigenvalue weighted by Crippen LogP contribution is 2.42. The third kappa shape index (κ3) is 17.6. The summed E-state index contributed by atoms with van der Waals surface area (Å²) < 4.78 is 35.1. The summed E-state index contributed by atoms with van der Waals surface area (Å²) in [6.07, 6.45) is 15.6. The second-order valence-electron chi connectivity index (χ2n) is 16.2. The van der Waals surface area contributed by atoms with Gasteiger partial charge in [0, 0.05) is 6.61 Å². The number of aliphatic hydroxyl groups excluding tert-OH is 5. The predicted molar refractivity (Wildman–Crippen MR) is 215 cm³/mol. The molecule has 0 aromatic carbocycles. The Morgan fingerprint density at radius 3 is 1.30 bits per heavy atom. The van der Waals surface area contributed by atoms with Crippen LogP contribution < -0.4 is 0 Å². The van der Waals surface area contributed by atoms with E-state index in [9.17, 15) is 35.7 Å². The van der Waals surface area contributed by atoms with Crippen molar-refractivity contribution in [2.45, 2.75) is 242 Å². The molecule has 0 amide bonds. The van der Waals surface area contributed by atoms with Gasteiger partial charge >= 0.3 is 0 Å². The van der Waals surface area contributed by atoms with Crippen molar-refractivity contribution >= 4 is 0 Å². The fourth-order valence-electron chi connectivity index (χ4n) is 7.56. The van der Waals surface area contributed by atoms with Gasteiger partial charge in [0.25, 0.3) is 11.6 Å². The number of hydrogen-bond acceptors (Lipinski definition) is 13. The first-order valence-electron chi connectivity index (χ1n) is 22.7. The molecule has 2 aliphatic rings. The number of aliphatic hydroxyl groups is 7. The van der Waals surface area contributed by atoms with E-state index in [0.29, 0.717) is 19.3 Å². The molecule has 0 aromatic heterocycles. The molecule has 2 rings (SSSR count).